The van der Waals surface area contributed by atoms with Gasteiger partial charge in [0.05, 0.1) is 31.4 Å². The Morgan fingerprint density at radius 3 is 2.11 bits per heavy atom. The highest BCUT2D eigenvalue weighted by molar-refractivity contribution is 6.51. The van der Waals surface area contributed by atoms with Crippen LogP contribution in [-0.2, 0) is 15.0 Å². The molecule has 1 N–H and O–H groups in total. The first kappa shape index (κ1) is 24.1. The average Bonchev–Trinajstić information content (AvgIpc) is 3.13. The summed E-state index contributed by atoms with van der Waals surface area (Å²) in [5.74, 6) is -0.944. The van der Waals surface area contributed by atoms with Crippen LogP contribution in [0.3, 0.4) is 0 Å². The minimum atomic E-state index is -0.812. The van der Waals surface area contributed by atoms with E-state index in [-0.39, 0.29) is 22.3 Å². The normalized spacial score (nSPS) is 17.5. The van der Waals surface area contributed by atoms with Gasteiger partial charge in [-0.2, -0.15) is 0 Å². The van der Waals surface area contributed by atoms with Gasteiger partial charge in [-0.3, -0.25) is 14.5 Å². The molecule has 1 unspecified atom stereocenters. The smallest absolute Gasteiger partial charge is 0.300 e. The number of hydrogen-bond acceptors (Lipinski definition) is 5. The largest absolute Gasteiger partial charge is 0.507 e. The molecule has 1 heterocycles. The van der Waals surface area contributed by atoms with E-state index in [9.17, 15) is 14.7 Å². The van der Waals surface area contributed by atoms with Gasteiger partial charge in [0.2, 0.25) is 0 Å². The number of methoxy groups -OCH3 is 2. The topological polar surface area (TPSA) is 76.1 Å². The van der Waals surface area contributed by atoms with Crippen LogP contribution in [0, 0.1) is 0 Å². The van der Waals surface area contributed by atoms with Gasteiger partial charge in [0.15, 0.2) is 0 Å². The maximum atomic E-state index is 13.4. The summed E-state index contributed by atoms with van der Waals surface area (Å²) in [5, 5.41) is 11.4. The first-order chi connectivity index (χ1) is 16.7. The van der Waals surface area contributed by atoms with Crippen LogP contribution in [-0.4, -0.2) is 31.0 Å². The Balaban J connectivity index is 1.93. The molecule has 0 aliphatic carbocycles. The molecule has 1 fully saturated rings. The average molecular weight is 472 g/mol. The fourth-order valence-electron chi connectivity index (χ4n) is 4.32. The molecule has 6 nitrogen and oxygen atoms in total. The van der Waals surface area contributed by atoms with Gasteiger partial charge < -0.3 is 14.6 Å². The van der Waals surface area contributed by atoms with Crippen LogP contribution in [0.25, 0.3) is 5.76 Å². The Bertz CT molecular complexity index is 1290. The lowest BCUT2D eigenvalue weighted by Crippen LogP contribution is -2.29. The maximum absolute atomic E-state index is 13.4. The molecule has 1 amide bonds. The van der Waals surface area contributed by atoms with Gasteiger partial charge in [-0.15, -0.1) is 0 Å². The molecule has 0 spiro atoms. The molecule has 0 saturated carbocycles. The van der Waals surface area contributed by atoms with Gasteiger partial charge in [0, 0.05) is 5.69 Å². The van der Waals surface area contributed by atoms with Crippen LogP contribution in [0.5, 0.6) is 11.5 Å². The molecule has 180 valence electrons. The highest BCUT2D eigenvalue weighted by atomic mass is 16.5. The standard InChI is InChI=1S/C29H29NO5/c1-29(2,3)19-11-13-20(14-12-19)30-25(18-9-7-6-8-10-18)24(27(32)28(30)33)26(31)22-17-21(34-4)15-16-23(22)35-5/h6-17,25,31H,1-5H3/b26-24+. The van der Waals surface area contributed by atoms with E-state index in [1.807, 2.05) is 54.6 Å². The Kier molecular flexibility index (Phi) is 6.39. The van der Waals surface area contributed by atoms with Gasteiger partial charge in [-0.1, -0.05) is 63.2 Å². The fourth-order valence-corrected chi connectivity index (χ4v) is 4.32. The highest BCUT2D eigenvalue weighted by Gasteiger charge is 2.47. The van der Waals surface area contributed by atoms with Gasteiger partial charge in [0.25, 0.3) is 11.7 Å². The van der Waals surface area contributed by atoms with E-state index in [1.165, 1.54) is 19.1 Å². The molecular formula is C29H29NO5. The molecule has 4 rings (SSSR count). The third kappa shape index (κ3) is 4.39. The van der Waals surface area contributed by atoms with E-state index in [2.05, 4.69) is 20.8 Å². The van der Waals surface area contributed by atoms with Crippen molar-refractivity contribution in [1.29, 1.82) is 0 Å². The number of rotatable bonds is 5. The van der Waals surface area contributed by atoms with Crippen LogP contribution in [0.1, 0.15) is 43.5 Å². The van der Waals surface area contributed by atoms with Crippen molar-refractivity contribution in [3.8, 4) is 11.5 Å². The summed E-state index contributed by atoms with van der Waals surface area (Å²) in [5.41, 5.74) is 2.59. The van der Waals surface area contributed by atoms with Gasteiger partial charge >= 0.3 is 0 Å². The van der Waals surface area contributed by atoms with Crippen molar-refractivity contribution < 1.29 is 24.2 Å². The number of nitrogens with zero attached hydrogens (tertiary/aromatic N) is 1. The second-order valence-electron chi connectivity index (χ2n) is 9.44. The molecule has 0 radical (unpaired) electrons. The molecule has 0 aromatic heterocycles. The summed E-state index contributed by atoms with van der Waals surface area (Å²) >= 11 is 0. The number of carbonyl (C=O) groups is 2. The Hall–Kier alpha value is -4.06. The number of amides is 1. The van der Waals surface area contributed by atoms with Crippen molar-refractivity contribution in [3.63, 3.8) is 0 Å². The van der Waals surface area contributed by atoms with Crippen molar-refractivity contribution in [3.05, 3.63) is 95.1 Å². The van der Waals surface area contributed by atoms with Gasteiger partial charge in [-0.25, -0.2) is 0 Å². The summed E-state index contributed by atoms with van der Waals surface area (Å²) < 4.78 is 10.7. The van der Waals surface area contributed by atoms with Crippen molar-refractivity contribution in [1.82, 2.24) is 0 Å². The zero-order valence-electron chi connectivity index (χ0n) is 20.5. The van der Waals surface area contributed by atoms with Gasteiger partial charge in [0.1, 0.15) is 17.3 Å². The number of Topliss-reactive ketones (excluding diaryl/α,β-unsaturated/α-hetero) is 1. The Morgan fingerprint density at radius 1 is 0.886 bits per heavy atom. The number of anilines is 1. The quantitative estimate of drug-likeness (QED) is 0.297. The second kappa shape index (κ2) is 9.29. The molecule has 6 heteroatoms. The van der Waals surface area contributed by atoms with Crippen molar-refractivity contribution in [2.45, 2.75) is 32.2 Å². The third-order valence-corrected chi connectivity index (χ3v) is 6.23. The van der Waals surface area contributed by atoms with Crippen molar-refractivity contribution in [2.75, 3.05) is 19.1 Å². The van der Waals surface area contributed by atoms with E-state index in [4.69, 9.17) is 9.47 Å². The molecule has 3 aromatic rings. The molecule has 1 saturated heterocycles. The van der Waals surface area contributed by atoms with Crippen LogP contribution in [0.4, 0.5) is 5.69 Å². The first-order valence-corrected chi connectivity index (χ1v) is 11.4. The number of carbonyl (C=O) groups excluding carboxylic acids is 2. The number of ether oxygens (including phenoxy) is 2. The number of aliphatic hydroxyl groups excluding tert-OH is 1. The summed E-state index contributed by atoms with van der Waals surface area (Å²) in [6.45, 7) is 6.33. The van der Waals surface area contributed by atoms with Crippen molar-refractivity contribution >= 4 is 23.1 Å². The summed E-state index contributed by atoms with van der Waals surface area (Å²) in [7, 11) is 2.98. The van der Waals surface area contributed by atoms with E-state index in [0.29, 0.717) is 22.7 Å². The third-order valence-electron chi connectivity index (χ3n) is 6.23. The number of benzene rings is 3. The van der Waals surface area contributed by atoms with E-state index in [0.717, 1.165) is 5.56 Å². The molecule has 1 atom stereocenters. The Morgan fingerprint density at radius 2 is 1.54 bits per heavy atom. The lowest BCUT2D eigenvalue weighted by Gasteiger charge is -2.27. The monoisotopic (exact) mass is 471 g/mol. The zero-order chi connectivity index (χ0) is 25.3. The number of hydrogen-bond donors (Lipinski definition) is 1. The molecular weight excluding hydrogens is 442 g/mol. The molecule has 0 bridgehead atoms. The van der Waals surface area contributed by atoms with Crippen LogP contribution < -0.4 is 14.4 Å². The molecule has 3 aromatic carbocycles. The zero-order valence-corrected chi connectivity index (χ0v) is 20.5. The fraction of sp³-hybridized carbons (Fsp3) is 0.241. The van der Waals surface area contributed by atoms with Crippen molar-refractivity contribution in [2.24, 2.45) is 0 Å². The molecule has 35 heavy (non-hydrogen) atoms. The van der Waals surface area contributed by atoms with Gasteiger partial charge in [-0.05, 0) is 46.9 Å². The predicted octanol–water partition coefficient (Wildman–Crippen LogP) is 5.63. The van der Waals surface area contributed by atoms with Crippen LogP contribution >= 0.6 is 0 Å². The second-order valence-corrected chi connectivity index (χ2v) is 9.44. The predicted molar refractivity (Wildman–Crippen MR) is 136 cm³/mol. The van der Waals surface area contributed by atoms with Crippen LogP contribution in [0.2, 0.25) is 0 Å². The lowest BCUT2D eigenvalue weighted by atomic mass is 9.87. The number of ketones is 1. The van der Waals surface area contributed by atoms with Crippen LogP contribution in [0.15, 0.2) is 78.4 Å². The molecule has 1 aliphatic heterocycles. The Labute approximate surface area is 205 Å². The maximum Gasteiger partial charge on any atom is 0.300 e. The highest BCUT2D eigenvalue weighted by Crippen LogP contribution is 2.44. The van der Waals surface area contributed by atoms with E-state index in [1.54, 1.807) is 18.2 Å². The van der Waals surface area contributed by atoms with E-state index < -0.39 is 17.7 Å². The first-order valence-electron chi connectivity index (χ1n) is 11.4. The lowest BCUT2D eigenvalue weighted by molar-refractivity contribution is -0.132. The number of aliphatic hydroxyl groups is 1. The summed E-state index contributed by atoms with van der Waals surface area (Å²) in [6.07, 6.45) is 0. The molecule has 1 aliphatic rings. The van der Waals surface area contributed by atoms with E-state index >= 15 is 0 Å². The summed E-state index contributed by atoms with van der Waals surface area (Å²) in [4.78, 5) is 28.2. The minimum Gasteiger partial charge on any atom is -0.507 e. The minimum absolute atomic E-state index is 0.00680. The summed E-state index contributed by atoms with van der Waals surface area (Å²) in [6, 6.07) is 20.9. The SMILES string of the molecule is COc1ccc(OC)c(/C(O)=C2\C(=O)C(=O)N(c3ccc(C(C)(C)C)cc3)C2c2ccccc2)c1.